The number of hydrogen-bond acceptors (Lipinski definition) is 9. The predicted molar refractivity (Wildman–Crippen MR) is 119 cm³/mol. The average Bonchev–Trinajstić information content (AvgIpc) is 3.18. The van der Waals surface area contributed by atoms with Crippen LogP contribution in [0.1, 0.15) is 12.0 Å². The third kappa shape index (κ3) is 5.53. The molecule has 0 spiro atoms. The van der Waals surface area contributed by atoms with E-state index >= 15 is 0 Å². The van der Waals surface area contributed by atoms with Gasteiger partial charge in [0.05, 0.1) is 12.2 Å². The van der Waals surface area contributed by atoms with Crippen molar-refractivity contribution in [3.8, 4) is 6.07 Å². The second kappa shape index (κ2) is 11.3. The maximum atomic E-state index is 14.0. The number of aliphatic imine (C=N–C) groups is 1. The predicted octanol–water partition coefficient (Wildman–Crippen LogP) is 0.735. The summed E-state index contributed by atoms with van der Waals surface area (Å²) >= 11 is 0. The van der Waals surface area contributed by atoms with Crippen molar-refractivity contribution in [2.24, 2.45) is 16.5 Å². The van der Waals surface area contributed by atoms with E-state index in [1.807, 2.05) is 0 Å². The third-order valence-electron chi connectivity index (χ3n) is 5.60. The summed E-state index contributed by atoms with van der Waals surface area (Å²) in [6, 6.07) is -0.701. The summed E-state index contributed by atoms with van der Waals surface area (Å²) in [5.41, 5.74) is 5.27. The van der Waals surface area contributed by atoms with E-state index in [-0.39, 0.29) is 24.0 Å². The fourth-order valence-electron chi connectivity index (χ4n) is 4.02. The monoisotopic (exact) mass is 568 g/mol. The molecule has 3 atom stereocenters. The van der Waals surface area contributed by atoms with Gasteiger partial charge in [-0.2, -0.15) is 18.4 Å². The first-order valence-corrected chi connectivity index (χ1v) is 10.4. The number of halogens is 7. The Labute approximate surface area is 216 Å². The van der Waals surface area contributed by atoms with Gasteiger partial charge in [-0.05, 0) is 18.1 Å². The first-order chi connectivity index (χ1) is 17.2. The summed E-state index contributed by atoms with van der Waals surface area (Å²) in [7, 11) is 0. The molecule has 5 N–H and O–H groups in total. The first-order valence-electron chi connectivity index (χ1n) is 10.4. The highest BCUT2D eigenvalue weighted by Crippen LogP contribution is 2.40. The van der Waals surface area contributed by atoms with Crippen molar-refractivity contribution in [3.63, 3.8) is 0 Å². The Morgan fingerprint density at radius 1 is 1.24 bits per heavy atom. The molecule has 3 rings (SSSR count). The zero-order valence-corrected chi connectivity index (χ0v) is 19.8. The van der Waals surface area contributed by atoms with Gasteiger partial charge in [0.2, 0.25) is 0 Å². The zero-order valence-electron chi connectivity index (χ0n) is 19.0. The van der Waals surface area contributed by atoms with Crippen LogP contribution in [0.2, 0.25) is 0 Å². The fraction of sp³-hybridized carbons (Fsp3) is 0.381. The summed E-state index contributed by atoms with van der Waals surface area (Å²) in [6.45, 7) is -1.49. The maximum absolute atomic E-state index is 14.0. The SMILES string of the molecule is Cl.N#CCOC(=O)C1(C(N)=O)NC(C(F)(F)F)=C2C=NC[C@H](C(=O)CC(N)Cc3cc(F)c(F)cc3F)N21. The molecule has 0 aliphatic carbocycles. The van der Waals surface area contributed by atoms with Crippen molar-refractivity contribution in [1.29, 1.82) is 5.26 Å². The smallest absolute Gasteiger partial charge is 0.433 e. The van der Waals surface area contributed by atoms with Gasteiger partial charge >= 0.3 is 12.1 Å². The van der Waals surface area contributed by atoms with Gasteiger partial charge in [0, 0.05) is 24.7 Å². The van der Waals surface area contributed by atoms with Crippen LogP contribution in [-0.4, -0.2) is 65.8 Å². The molecule has 0 aromatic heterocycles. The van der Waals surface area contributed by atoms with E-state index in [1.165, 1.54) is 6.07 Å². The van der Waals surface area contributed by atoms with Gasteiger partial charge in [0.1, 0.15) is 23.6 Å². The largest absolute Gasteiger partial charge is 0.447 e. The van der Waals surface area contributed by atoms with E-state index < -0.39 is 96.4 Å². The zero-order chi connectivity index (χ0) is 27.7. The standard InChI is InChI=1S/C21H18F6N6O4.ClH/c22-11-6-13(24)12(23)4-9(11)3-10(29)5-16(34)14-7-31-8-15-17(21(25,26)27)32-20(18(30)35,33(14)15)19(36)37-2-1-28;/h4,6,8,10,14,32H,2-3,5,7,29H2,(H2,30,35);1H/t10?,14-,20?;/m1./s1. The van der Waals surface area contributed by atoms with Gasteiger partial charge in [-0.3, -0.25) is 14.6 Å². The number of nitrogens with zero attached hydrogens (tertiary/aromatic N) is 3. The number of carbonyl (C=O) groups excluding carboxylic acids is 3. The number of allylic oxidation sites excluding steroid dienone is 2. The van der Waals surface area contributed by atoms with E-state index in [0.717, 1.165) is 0 Å². The summed E-state index contributed by atoms with van der Waals surface area (Å²) in [5.74, 6) is -8.24. The number of esters is 1. The molecular weight excluding hydrogens is 550 g/mol. The number of nitrogens with two attached hydrogens (primary N) is 2. The molecule has 17 heteroatoms. The molecule has 1 amide bonds. The van der Waals surface area contributed by atoms with Crippen LogP contribution >= 0.6 is 12.4 Å². The molecule has 2 heterocycles. The summed E-state index contributed by atoms with van der Waals surface area (Å²) in [4.78, 5) is 42.5. The van der Waals surface area contributed by atoms with E-state index in [2.05, 4.69) is 9.73 Å². The van der Waals surface area contributed by atoms with Gasteiger partial charge in [0.25, 0.3) is 11.6 Å². The molecule has 1 aromatic carbocycles. The Morgan fingerprint density at radius 2 is 1.87 bits per heavy atom. The number of fused-ring (bicyclic) bond motifs is 1. The van der Waals surface area contributed by atoms with Crippen LogP contribution in [0.4, 0.5) is 26.3 Å². The van der Waals surface area contributed by atoms with Gasteiger partial charge in [-0.15, -0.1) is 12.4 Å². The molecular formula is C21H19ClF6N6O4. The number of benzene rings is 1. The quantitative estimate of drug-likeness (QED) is 0.179. The molecule has 2 aliphatic heterocycles. The molecule has 206 valence electrons. The van der Waals surface area contributed by atoms with E-state index in [1.54, 1.807) is 5.32 Å². The molecule has 0 bridgehead atoms. The van der Waals surface area contributed by atoms with Crippen LogP contribution in [0.25, 0.3) is 0 Å². The minimum Gasteiger partial charge on any atom is -0.447 e. The molecule has 0 saturated carbocycles. The van der Waals surface area contributed by atoms with Crippen LogP contribution in [0, 0.1) is 28.8 Å². The fourth-order valence-corrected chi connectivity index (χ4v) is 4.02. The lowest BCUT2D eigenvalue weighted by molar-refractivity contribution is -0.164. The van der Waals surface area contributed by atoms with E-state index in [0.29, 0.717) is 17.2 Å². The Morgan fingerprint density at radius 3 is 2.45 bits per heavy atom. The lowest BCUT2D eigenvalue weighted by atomic mass is 9.95. The number of amides is 1. The topological polar surface area (TPSA) is 164 Å². The van der Waals surface area contributed by atoms with Crippen molar-refractivity contribution in [2.45, 2.75) is 36.8 Å². The minimum atomic E-state index is -5.17. The van der Waals surface area contributed by atoms with Gasteiger partial charge in [-0.25, -0.2) is 18.0 Å². The molecule has 0 radical (unpaired) electrons. The van der Waals surface area contributed by atoms with Crippen molar-refractivity contribution in [3.05, 3.63) is 46.5 Å². The number of ketones is 1. The Balaban J connectivity index is 0.00000507. The Hall–Kier alpha value is -3.84. The number of Topliss-reactive ketones (excluding diaryl/α,β-unsaturated/α-hetero) is 1. The Bertz CT molecular complexity index is 1250. The summed E-state index contributed by atoms with van der Waals surface area (Å²) in [5, 5.41) is 10.4. The molecule has 10 nitrogen and oxygen atoms in total. The van der Waals surface area contributed by atoms with Crippen LogP contribution in [-0.2, 0) is 25.5 Å². The van der Waals surface area contributed by atoms with Crippen molar-refractivity contribution in [2.75, 3.05) is 13.2 Å². The molecule has 2 aliphatic rings. The van der Waals surface area contributed by atoms with E-state index in [9.17, 15) is 40.7 Å². The van der Waals surface area contributed by atoms with Crippen LogP contribution in [0.15, 0.2) is 28.5 Å². The van der Waals surface area contributed by atoms with Crippen LogP contribution < -0.4 is 16.8 Å². The number of rotatable bonds is 8. The maximum Gasteiger partial charge on any atom is 0.433 e. The number of primary amides is 1. The summed E-state index contributed by atoms with van der Waals surface area (Å²) in [6.07, 6.45) is -5.62. The summed E-state index contributed by atoms with van der Waals surface area (Å²) < 4.78 is 86.5. The molecule has 1 aromatic rings. The van der Waals surface area contributed by atoms with Gasteiger partial charge in [-0.1, -0.05) is 0 Å². The van der Waals surface area contributed by atoms with Gasteiger partial charge < -0.3 is 26.4 Å². The average molecular weight is 569 g/mol. The van der Waals surface area contributed by atoms with Gasteiger partial charge in [0.15, 0.2) is 24.0 Å². The number of hydrogen-bond donors (Lipinski definition) is 3. The molecule has 0 fully saturated rings. The Kier molecular flexibility index (Phi) is 9.01. The normalized spacial score (nSPS) is 21.1. The number of nitrogens with one attached hydrogen (secondary N) is 1. The molecule has 2 unspecified atom stereocenters. The number of carbonyl (C=O) groups is 3. The molecule has 0 saturated heterocycles. The first kappa shape index (κ1) is 30.4. The van der Waals surface area contributed by atoms with Crippen molar-refractivity contribution < 1.29 is 45.5 Å². The second-order valence-corrected chi connectivity index (χ2v) is 8.06. The van der Waals surface area contributed by atoms with E-state index in [4.69, 9.17) is 16.7 Å². The highest BCUT2D eigenvalue weighted by molar-refractivity contribution is 6.10. The van der Waals surface area contributed by atoms with Crippen LogP contribution in [0.5, 0.6) is 0 Å². The highest BCUT2D eigenvalue weighted by Gasteiger charge is 2.64. The lowest BCUT2D eigenvalue weighted by Gasteiger charge is -2.41. The van der Waals surface area contributed by atoms with Crippen molar-refractivity contribution in [1.82, 2.24) is 10.2 Å². The number of ether oxygens (including phenoxy) is 1. The molecule has 38 heavy (non-hydrogen) atoms. The second-order valence-electron chi connectivity index (χ2n) is 8.06. The van der Waals surface area contributed by atoms with Crippen LogP contribution in [0.3, 0.4) is 0 Å². The van der Waals surface area contributed by atoms with Crippen molar-refractivity contribution >= 4 is 36.3 Å². The number of nitriles is 1. The number of alkyl halides is 3. The highest BCUT2D eigenvalue weighted by atomic mass is 35.5. The minimum absolute atomic E-state index is 0. The third-order valence-corrected chi connectivity index (χ3v) is 5.60. The lowest BCUT2D eigenvalue weighted by Crippen LogP contribution is -2.71.